The van der Waals surface area contributed by atoms with Gasteiger partial charge in [0.1, 0.15) is 6.54 Å². The zero-order valence-electron chi connectivity index (χ0n) is 13.9. The van der Waals surface area contributed by atoms with Crippen molar-refractivity contribution in [1.29, 1.82) is 0 Å². The molecule has 2 aromatic carbocycles. The summed E-state index contributed by atoms with van der Waals surface area (Å²) in [5.74, 6) is -1.92. The minimum Gasteiger partial charge on any atom is -0.480 e. The lowest BCUT2D eigenvalue weighted by atomic mass is 10.0. The normalized spacial score (nSPS) is 10.4. The molecule has 0 unspecified atom stereocenters. The Morgan fingerprint density at radius 1 is 1.07 bits per heavy atom. The van der Waals surface area contributed by atoms with Crippen LogP contribution in [0.25, 0.3) is 0 Å². The average molecular weight is 384 g/mol. The smallest absolute Gasteiger partial charge is 0.325 e. The van der Waals surface area contributed by atoms with Gasteiger partial charge in [0.05, 0.1) is 5.69 Å². The summed E-state index contributed by atoms with van der Waals surface area (Å²) in [7, 11) is 0. The number of benzene rings is 2. The van der Waals surface area contributed by atoms with Crippen molar-refractivity contribution in [3.8, 4) is 0 Å². The van der Waals surface area contributed by atoms with Crippen molar-refractivity contribution >= 4 is 34.9 Å². The Morgan fingerprint density at radius 2 is 1.81 bits per heavy atom. The molecule has 0 aliphatic rings. The number of ketones is 1. The molecule has 1 amide bonds. The summed E-state index contributed by atoms with van der Waals surface area (Å²) in [6.45, 7) is -0.355. The highest BCUT2D eigenvalue weighted by atomic mass is 35.5. The molecule has 1 aromatic heterocycles. The van der Waals surface area contributed by atoms with Crippen LogP contribution in [-0.4, -0.2) is 32.5 Å². The quantitative estimate of drug-likeness (QED) is 0.637. The number of halogens is 1. The van der Waals surface area contributed by atoms with E-state index in [-0.39, 0.29) is 29.3 Å². The maximum Gasteiger partial charge on any atom is 0.325 e. The number of carboxylic acid groups (broad SMARTS) is 1. The van der Waals surface area contributed by atoms with Crippen LogP contribution in [0.5, 0.6) is 0 Å². The van der Waals surface area contributed by atoms with E-state index in [2.05, 4.69) is 10.4 Å². The monoisotopic (exact) mass is 383 g/mol. The van der Waals surface area contributed by atoms with Gasteiger partial charge in [-0.2, -0.15) is 5.10 Å². The van der Waals surface area contributed by atoms with Crippen molar-refractivity contribution in [3.05, 3.63) is 82.6 Å². The third-order valence-electron chi connectivity index (χ3n) is 3.68. The fourth-order valence-electron chi connectivity index (χ4n) is 2.45. The standard InChI is InChI=1S/C19H14ClN3O4/c20-13-6-7-15(14(10-13)18(26)12-4-2-1-3-5-12)21-19(27)16-8-9-23(22-16)11-17(24)25/h1-10H,11H2,(H,21,27)(H,24,25). The molecule has 0 saturated heterocycles. The molecule has 0 aliphatic carbocycles. The average Bonchev–Trinajstić information content (AvgIpc) is 3.11. The van der Waals surface area contributed by atoms with E-state index in [4.69, 9.17) is 16.7 Å². The van der Waals surface area contributed by atoms with Crippen LogP contribution in [0.3, 0.4) is 0 Å². The first kappa shape index (κ1) is 18.3. The number of anilines is 1. The number of aliphatic carboxylic acids is 1. The molecule has 0 saturated carbocycles. The second-order valence-electron chi connectivity index (χ2n) is 5.63. The highest BCUT2D eigenvalue weighted by molar-refractivity contribution is 6.31. The number of carbonyl (C=O) groups is 3. The summed E-state index contributed by atoms with van der Waals surface area (Å²) in [5.41, 5.74) is 1.02. The first-order valence-electron chi connectivity index (χ1n) is 7.90. The lowest BCUT2D eigenvalue weighted by molar-refractivity contribution is -0.137. The Hall–Kier alpha value is -3.45. The van der Waals surface area contributed by atoms with E-state index in [9.17, 15) is 14.4 Å². The number of hydrogen-bond acceptors (Lipinski definition) is 4. The van der Waals surface area contributed by atoms with Crippen LogP contribution in [0.2, 0.25) is 5.02 Å². The molecule has 3 aromatic rings. The number of nitrogens with zero attached hydrogens (tertiary/aromatic N) is 2. The molecular weight excluding hydrogens is 370 g/mol. The predicted molar refractivity (Wildman–Crippen MR) is 99.1 cm³/mol. The van der Waals surface area contributed by atoms with E-state index in [0.29, 0.717) is 10.6 Å². The molecule has 27 heavy (non-hydrogen) atoms. The lowest BCUT2D eigenvalue weighted by Gasteiger charge is -2.10. The van der Waals surface area contributed by atoms with Crippen LogP contribution in [-0.2, 0) is 11.3 Å². The van der Waals surface area contributed by atoms with Gasteiger partial charge in [0.2, 0.25) is 0 Å². The van der Waals surface area contributed by atoms with Gasteiger partial charge in [-0.3, -0.25) is 19.1 Å². The fraction of sp³-hybridized carbons (Fsp3) is 0.0526. The third kappa shape index (κ3) is 4.39. The van der Waals surface area contributed by atoms with Crippen molar-refractivity contribution in [1.82, 2.24) is 9.78 Å². The van der Waals surface area contributed by atoms with Gasteiger partial charge >= 0.3 is 5.97 Å². The minimum absolute atomic E-state index is 0.0318. The summed E-state index contributed by atoms with van der Waals surface area (Å²) in [5, 5.41) is 15.7. The van der Waals surface area contributed by atoms with Crippen LogP contribution < -0.4 is 5.32 Å². The molecule has 0 bridgehead atoms. The van der Waals surface area contributed by atoms with Crippen molar-refractivity contribution in [2.24, 2.45) is 0 Å². The van der Waals surface area contributed by atoms with E-state index in [1.54, 1.807) is 36.4 Å². The van der Waals surface area contributed by atoms with Crippen LogP contribution >= 0.6 is 11.6 Å². The fourth-order valence-corrected chi connectivity index (χ4v) is 2.63. The Bertz CT molecular complexity index is 1010. The van der Waals surface area contributed by atoms with Gasteiger partial charge in [-0.25, -0.2) is 0 Å². The molecule has 1 heterocycles. The van der Waals surface area contributed by atoms with E-state index in [1.807, 2.05) is 0 Å². The Labute approximate surface area is 159 Å². The lowest BCUT2D eigenvalue weighted by Crippen LogP contribution is -2.17. The molecule has 0 spiro atoms. The van der Waals surface area contributed by atoms with E-state index < -0.39 is 11.9 Å². The number of rotatable bonds is 6. The molecule has 0 aliphatic heterocycles. The maximum atomic E-state index is 12.8. The van der Waals surface area contributed by atoms with Crippen LogP contribution in [0.15, 0.2) is 60.8 Å². The Morgan fingerprint density at radius 3 is 2.52 bits per heavy atom. The summed E-state index contributed by atoms with van der Waals surface area (Å²) in [6.07, 6.45) is 1.39. The Balaban J connectivity index is 1.86. The van der Waals surface area contributed by atoms with E-state index in [0.717, 1.165) is 4.68 Å². The number of carboxylic acids is 1. The highest BCUT2D eigenvalue weighted by Crippen LogP contribution is 2.24. The highest BCUT2D eigenvalue weighted by Gasteiger charge is 2.18. The SMILES string of the molecule is O=C(O)Cn1ccc(C(=O)Nc2ccc(Cl)cc2C(=O)c2ccccc2)n1. The minimum atomic E-state index is -1.07. The van der Waals surface area contributed by atoms with Crippen LogP contribution in [0.1, 0.15) is 26.4 Å². The van der Waals surface area contributed by atoms with E-state index >= 15 is 0 Å². The number of aromatic nitrogens is 2. The first-order valence-corrected chi connectivity index (χ1v) is 8.28. The summed E-state index contributed by atoms with van der Waals surface area (Å²) < 4.78 is 1.13. The Kier molecular flexibility index (Phi) is 5.33. The molecule has 0 atom stereocenters. The summed E-state index contributed by atoms with van der Waals surface area (Å²) >= 11 is 6.02. The molecule has 136 valence electrons. The van der Waals surface area contributed by atoms with E-state index in [1.165, 1.54) is 24.4 Å². The number of hydrogen-bond donors (Lipinski definition) is 2. The second-order valence-corrected chi connectivity index (χ2v) is 6.07. The van der Waals surface area contributed by atoms with Crippen molar-refractivity contribution in [3.63, 3.8) is 0 Å². The van der Waals surface area contributed by atoms with Crippen molar-refractivity contribution in [2.45, 2.75) is 6.54 Å². The molecular formula is C19H14ClN3O4. The van der Waals surface area contributed by atoms with Crippen molar-refractivity contribution in [2.75, 3.05) is 5.32 Å². The first-order chi connectivity index (χ1) is 12.9. The van der Waals surface area contributed by atoms with Crippen molar-refractivity contribution < 1.29 is 19.5 Å². The van der Waals surface area contributed by atoms with Gasteiger partial charge in [-0.15, -0.1) is 0 Å². The van der Waals surface area contributed by atoms with Gasteiger partial charge in [-0.1, -0.05) is 41.9 Å². The molecule has 0 fully saturated rings. The van der Waals surface area contributed by atoms with Crippen LogP contribution in [0.4, 0.5) is 5.69 Å². The topological polar surface area (TPSA) is 101 Å². The van der Waals surface area contributed by atoms with Gasteiger partial charge in [0.15, 0.2) is 11.5 Å². The molecule has 7 nitrogen and oxygen atoms in total. The third-order valence-corrected chi connectivity index (χ3v) is 3.92. The van der Waals surface area contributed by atoms with Gasteiger partial charge in [0.25, 0.3) is 5.91 Å². The molecule has 0 radical (unpaired) electrons. The molecule has 3 rings (SSSR count). The zero-order valence-corrected chi connectivity index (χ0v) is 14.7. The van der Waals surface area contributed by atoms with Crippen LogP contribution in [0, 0.1) is 0 Å². The van der Waals surface area contributed by atoms with Gasteiger partial charge < -0.3 is 10.4 Å². The largest absolute Gasteiger partial charge is 0.480 e. The number of carbonyl (C=O) groups excluding carboxylic acids is 2. The zero-order chi connectivity index (χ0) is 19.4. The molecule has 2 N–H and O–H groups in total. The second kappa shape index (κ2) is 7.84. The predicted octanol–water partition coefficient (Wildman–Crippen LogP) is 3.10. The molecule has 8 heteroatoms. The maximum absolute atomic E-state index is 12.8. The number of nitrogens with one attached hydrogen (secondary N) is 1. The number of amides is 1. The van der Waals surface area contributed by atoms with Gasteiger partial charge in [-0.05, 0) is 24.3 Å². The summed E-state index contributed by atoms with van der Waals surface area (Å²) in [4.78, 5) is 35.9. The van der Waals surface area contributed by atoms with Gasteiger partial charge in [0, 0.05) is 22.3 Å². The summed E-state index contributed by atoms with van der Waals surface area (Å²) in [6, 6.07) is 14.6.